The maximum atomic E-state index is 13.1. The van der Waals surface area contributed by atoms with E-state index in [1.807, 2.05) is 72.8 Å². The molecule has 1 heterocycles. The number of hydrogen-bond donors (Lipinski definition) is 1. The molecule has 3 aromatic carbocycles. The van der Waals surface area contributed by atoms with Gasteiger partial charge in [-0.25, -0.2) is 4.79 Å². The molecule has 4 aromatic rings. The largest absolute Gasteiger partial charge is 0.447 e. The summed E-state index contributed by atoms with van der Waals surface area (Å²) in [5.41, 5.74) is 1.91. The summed E-state index contributed by atoms with van der Waals surface area (Å²) in [4.78, 5) is 31.0. The van der Waals surface area contributed by atoms with Gasteiger partial charge in [-0.3, -0.25) is 15.1 Å². The van der Waals surface area contributed by atoms with Crippen molar-refractivity contribution in [1.29, 1.82) is 0 Å². The molecule has 1 N–H and O–H groups in total. The maximum absolute atomic E-state index is 13.1. The summed E-state index contributed by atoms with van der Waals surface area (Å²) in [6.07, 6.45) is 2.61. The lowest BCUT2D eigenvalue weighted by molar-refractivity contribution is 0.0791. The zero-order valence-electron chi connectivity index (χ0n) is 18.9. The number of carbonyl (C=O) groups is 2. The van der Waals surface area contributed by atoms with Gasteiger partial charge in [0.15, 0.2) is 0 Å². The van der Waals surface area contributed by atoms with Crippen LogP contribution in [0, 0.1) is 0 Å². The highest BCUT2D eigenvalue weighted by atomic mass is 79.9. The minimum absolute atomic E-state index is 0.0887. The highest BCUT2D eigenvalue weighted by molar-refractivity contribution is 9.10. The second kappa shape index (κ2) is 12.1. The third-order valence-electron chi connectivity index (χ3n) is 5.21. The van der Waals surface area contributed by atoms with Gasteiger partial charge in [-0.15, -0.1) is 0 Å². The second-order valence-corrected chi connectivity index (χ2v) is 8.50. The van der Waals surface area contributed by atoms with Crippen molar-refractivity contribution in [3.05, 3.63) is 101 Å². The average molecular weight is 534 g/mol. The van der Waals surface area contributed by atoms with Crippen molar-refractivity contribution in [3.63, 3.8) is 0 Å². The summed E-state index contributed by atoms with van der Waals surface area (Å²) < 4.78 is 11.6. The van der Waals surface area contributed by atoms with Gasteiger partial charge in [-0.1, -0.05) is 54.6 Å². The molecule has 0 saturated carbocycles. The van der Waals surface area contributed by atoms with Gasteiger partial charge in [0.25, 0.3) is 5.91 Å². The molecule has 0 unspecified atom stereocenters. The van der Waals surface area contributed by atoms with E-state index in [0.717, 1.165) is 20.9 Å². The van der Waals surface area contributed by atoms with Crippen LogP contribution in [0.1, 0.15) is 10.4 Å². The van der Waals surface area contributed by atoms with Crippen LogP contribution in [0.25, 0.3) is 10.8 Å². The van der Waals surface area contributed by atoms with Crippen molar-refractivity contribution in [1.82, 2.24) is 4.98 Å². The fourth-order valence-electron chi connectivity index (χ4n) is 3.57. The van der Waals surface area contributed by atoms with Gasteiger partial charge >= 0.3 is 6.09 Å². The second-order valence-electron chi connectivity index (χ2n) is 7.58. The van der Waals surface area contributed by atoms with Gasteiger partial charge in [0.2, 0.25) is 0 Å². The maximum Gasteiger partial charge on any atom is 0.411 e. The van der Waals surface area contributed by atoms with Crippen LogP contribution in [0.4, 0.5) is 16.2 Å². The third-order valence-corrected chi connectivity index (χ3v) is 5.64. The van der Waals surface area contributed by atoms with Crippen LogP contribution in [0.3, 0.4) is 0 Å². The molecule has 0 atom stereocenters. The molecule has 2 amide bonds. The van der Waals surface area contributed by atoms with Crippen LogP contribution in [-0.2, 0) is 9.47 Å². The molecule has 1 aromatic heterocycles. The van der Waals surface area contributed by atoms with Crippen molar-refractivity contribution in [2.75, 3.05) is 36.6 Å². The topological polar surface area (TPSA) is 80.8 Å². The zero-order valence-corrected chi connectivity index (χ0v) is 20.5. The van der Waals surface area contributed by atoms with E-state index in [-0.39, 0.29) is 25.7 Å². The Morgan fingerprint density at radius 3 is 2.49 bits per heavy atom. The predicted molar refractivity (Wildman–Crippen MR) is 140 cm³/mol. The quantitative estimate of drug-likeness (QED) is 0.270. The molecule has 0 radical (unpaired) electrons. The number of rotatable bonds is 9. The Balaban J connectivity index is 1.26. The smallest absolute Gasteiger partial charge is 0.411 e. The first kappa shape index (κ1) is 24.4. The Morgan fingerprint density at radius 2 is 1.66 bits per heavy atom. The van der Waals surface area contributed by atoms with Crippen LogP contribution in [0.5, 0.6) is 0 Å². The molecule has 7 nitrogen and oxygen atoms in total. The molecule has 0 saturated heterocycles. The van der Waals surface area contributed by atoms with E-state index in [1.165, 1.54) is 6.20 Å². The first-order valence-electron chi connectivity index (χ1n) is 11.1. The van der Waals surface area contributed by atoms with Gasteiger partial charge in [-0.05, 0) is 45.6 Å². The van der Waals surface area contributed by atoms with Crippen LogP contribution < -0.4 is 10.2 Å². The van der Waals surface area contributed by atoms with Crippen LogP contribution >= 0.6 is 15.9 Å². The van der Waals surface area contributed by atoms with Gasteiger partial charge in [-0.2, -0.15) is 0 Å². The number of carbonyl (C=O) groups excluding carboxylic acids is 2. The zero-order chi connectivity index (χ0) is 24.5. The number of hydrogen-bond acceptors (Lipinski definition) is 5. The Morgan fingerprint density at radius 1 is 0.886 bits per heavy atom. The summed E-state index contributed by atoms with van der Waals surface area (Å²) >= 11 is 3.36. The Kier molecular flexibility index (Phi) is 8.43. The number of anilines is 2. The lowest BCUT2D eigenvalue weighted by Crippen LogP contribution is -2.34. The molecule has 178 valence electrons. The number of para-hydroxylation sites is 1. The van der Waals surface area contributed by atoms with Crippen molar-refractivity contribution in [2.24, 2.45) is 0 Å². The number of nitrogens with one attached hydrogen (secondary N) is 1. The van der Waals surface area contributed by atoms with Gasteiger partial charge in [0, 0.05) is 34.5 Å². The minimum atomic E-state index is -0.548. The van der Waals surface area contributed by atoms with E-state index in [9.17, 15) is 9.59 Å². The third kappa shape index (κ3) is 6.65. The first-order chi connectivity index (χ1) is 17.1. The SMILES string of the molecule is O=C(Nc1cccc2ccccc12)OCCOCCN(C(=O)c1cncc(Br)c1)c1ccccc1. The number of amides is 2. The molecule has 8 heteroatoms. The first-order valence-corrected chi connectivity index (χ1v) is 11.9. The number of nitrogens with zero attached hydrogens (tertiary/aromatic N) is 2. The number of pyridine rings is 1. The van der Waals surface area contributed by atoms with Crippen LogP contribution in [-0.4, -0.2) is 43.3 Å². The average Bonchev–Trinajstić information content (AvgIpc) is 2.89. The molecule has 35 heavy (non-hydrogen) atoms. The lowest BCUT2D eigenvalue weighted by atomic mass is 10.1. The lowest BCUT2D eigenvalue weighted by Gasteiger charge is -2.23. The van der Waals surface area contributed by atoms with Crippen molar-refractivity contribution < 1.29 is 19.1 Å². The highest BCUT2D eigenvalue weighted by Gasteiger charge is 2.18. The molecule has 0 aliphatic rings. The molecule has 0 bridgehead atoms. The summed E-state index contributed by atoms with van der Waals surface area (Å²) in [5, 5.41) is 4.75. The van der Waals surface area contributed by atoms with Gasteiger partial charge in [0.1, 0.15) is 6.61 Å². The monoisotopic (exact) mass is 533 g/mol. The fourth-order valence-corrected chi connectivity index (χ4v) is 3.94. The van der Waals surface area contributed by atoms with E-state index in [0.29, 0.717) is 17.8 Å². The minimum Gasteiger partial charge on any atom is -0.447 e. The number of fused-ring (bicyclic) bond motifs is 1. The molecular formula is C27H24BrN3O4. The van der Waals surface area contributed by atoms with E-state index in [1.54, 1.807) is 17.2 Å². The van der Waals surface area contributed by atoms with Crippen LogP contribution in [0.15, 0.2) is 95.7 Å². The van der Waals surface area contributed by atoms with Crippen molar-refractivity contribution in [3.8, 4) is 0 Å². The summed E-state index contributed by atoms with van der Waals surface area (Å²) in [6.45, 7) is 0.900. The van der Waals surface area contributed by atoms with E-state index >= 15 is 0 Å². The molecule has 0 aliphatic carbocycles. The Bertz CT molecular complexity index is 1290. The van der Waals surface area contributed by atoms with E-state index in [2.05, 4.69) is 26.2 Å². The summed E-state index contributed by atoms with van der Waals surface area (Å²) in [7, 11) is 0. The standard InChI is InChI=1S/C27H24BrN3O4/c28-22-17-21(18-29-19-22)26(32)31(23-9-2-1-3-10-23)13-14-34-15-16-35-27(33)30-25-12-6-8-20-7-4-5-11-24(20)25/h1-12,17-19H,13-16H2,(H,30,33). The number of ether oxygens (including phenoxy) is 2. The van der Waals surface area contributed by atoms with E-state index < -0.39 is 6.09 Å². The molecule has 0 spiro atoms. The normalized spacial score (nSPS) is 10.7. The summed E-state index contributed by atoms with van der Waals surface area (Å²) in [5.74, 6) is -0.181. The van der Waals surface area contributed by atoms with E-state index in [4.69, 9.17) is 9.47 Å². The van der Waals surface area contributed by atoms with Gasteiger partial charge < -0.3 is 14.4 Å². The molecule has 4 rings (SSSR count). The van der Waals surface area contributed by atoms with Crippen LogP contribution in [0.2, 0.25) is 0 Å². The Hall–Kier alpha value is -3.75. The van der Waals surface area contributed by atoms with Crippen molar-refractivity contribution >= 4 is 50.1 Å². The highest BCUT2D eigenvalue weighted by Crippen LogP contribution is 2.23. The predicted octanol–water partition coefficient (Wildman–Crippen LogP) is 5.91. The molecule has 0 fully saturated rings. The fraction of sp³-hybridized carbons (Fsp3) is 0.148. The summed E-state index contributed by atoms with van der Waals surface area (Å²) in [6, 6.07) is 24.6. The Labute approximate surface area is 211 Å². The van der Waals surface area contributed by atoms with Crippen molar-refractivity contribution in [2.45, 2.75) is 0 Å². The number of halogens is 1. The molecular weight excluding hydrogens is 510 g/mol. The number of benzene rings is 3. The van der Waals surface area contributed by atoms with Gasteiger partial charge in [0.05, 0.1) is 24.5 Å². The molecule has 0 aliphatic heterocycles. The number of aromatic nitrogens is 1.